The molecule has 164 valence electrons. The number of amides is 3. The first-order chi connectivity index (χ1) is 15.0. The van der Waals surface area contributed by atoms with Crippen LogP contribution in [0.4, 0.5) is 10.1 Å². The van der Waals surface area contributed by atoms with Gasteiger partial charge in [0, 0.05) is 43.6 Å². The van der Waals surface area contributed by atoms with Crippen LogP contribution in [-0.4, -0.2) is 55.5 Å². The monoisotopic (exact) mass is 427 g/mol. The zero-order valence-corrected chi connectivity index (χ0v) is 17.4. The fraction of sp³-hybridized carbons (Fsp3) is 0.348. The standard InChI is InChI=1S/C23H26FN3O4/c1-31-15-3-13-25-22(29)20-4-2-14-27(20)23(30)17-7-11-19(12-8-17)26-21(28)16-5-9-18(24)10-6-16/h5-12,20H,2-4,13-15H2,1H3,(H,25,29)(H,26,28). The number of carbonyl (C=O) groups is 3. The first kappa shape index (κ1) is 22.4. The van der Waals surface area contributed by atoms with Crippen molar-refractivity contribution in [2.24, 2.45) is 0 Å². The number of hydrogen-bond acceptors (Lipinski definition) is 4. The highest BCUT2D eigenvalue weighted by atomic mass is 19.1. The first-order valence-electron chi connectivity index (χ1n) is 10.2. The largest absolute Gasteiger partial charge is 0.385 e. The maximum Gasteiger partial charge on any atom is 0.255 e. The van der Waals surface area contributed by atoms with Gasteiger partial charge in [-0.05, 0) is 67.8 Å². The minimum absolute atomic E-state index is 0.148. The third kappa shape index (κ3) is 5.88. The van der Waals surface area contributed by atoms with Crippen LogP contribution in [-0.2, 0) is 9.53 Å². The molecule has 1 aliphatic heterocycles. The maximum atomic E-state index is 13.0. The Hall–Kier alpha value is -3.26. The predicted molar refractivity (Wildman–Crippen MR) is 114 cm³/mol. The molecule has 0 saturated carbocycles. The number of ether oxygens (including phenoxy) is 1. The number of nitrogens with one attached hydrogen (secondary N) is 2. The van der Waals surface area contributed by atoms with E-state index in [1.807, 2.05) is 0 Å². The van der Waals surface area contributed by atoms with Gasteiger partial charge in [-0.1, -0.05) is 0 Å². The van der Waals surface area contributed by atoms with E-state index in [2.05, 4.69) is 10.6 Å². The molecule has 8 heteroatoms. The van der Waals surface area contributed by atoms with Gasteiger partial charge in [0.2, 0.25) is 5.91 Å². The second-order valence-electron chi connectivity index (χ2n) is 7.33. The van der Waals surface area contributed by atoms with Gasteiger partial charge in [-0.2, -0.15) is 0 Å². The van der Waals surface area contributed by atoms with Crippen LogP contribution in [0.3, 0.4) is 0 Å². The summed E-state index contributed by atoms with van der Waals surface area (Å²) >= 11 is 0. The predicted octanol–water partition coefficient (Wildman–Crippen LogP) is 2.84. The lowest BCUT2D eigenvalue weighted by atomic mass is 10.1. The van der Waals surface area contributed by atoms with Gasteiger partial charge in [-0.25, -0.2) is 4.39 Å². The van der Waals surface area contributed by atoms with Crippen LogP contribution in [0.25, 0.3) is 0 Å². The number of hydrogen-bond donors (Lipinski definition) is 2. The SMILES string of the molecule is COCCCNC(=O)C1CCCN1C(=O)c1ccc(NC(=O)c2ccc(F)cc2)cc1. The summed E-state index contributed by atoms with van der Waals surface area (Å²) in [6.45, 7) is 1.60. The van der Waals surface area contributed by atoms with Crippen molar-refractivity contribution in [3.63, 3.8) is 0 Å². The molecular formula is C23H26FN3O4. The fourth-order valence-electron chi connectivity index (χ4n) is 3.49. The maximum absolute atomic E-state index is 13.0. The molecular weight excluding hydrogens is 401 g/mol. The molecule has 7 nitrogen and oxygen atoms in total. The average molecular weight is 427 g/mol. The lowest BCUT2D eigenvalue weighted by molar-refractivity contribution is -0.124. The Bertz CT molecular complexity index is 915. The molecule has 3 amide bonds. The number of anilines is 1. The van der Waals surface area contributed by atoms with Crippen LogP contribution >= 0.6 is 0 Å². The number of rotatable bonds is 8. The second kappa shape index (κ2) is 10.7. The van der Waals surface area contributed by atoms with Crippen molar-refractivity contribution in [2.45, 2.75) is 25.3 Å². The third-order valence-electron chi connectivity index (χ3n) is 5.14. The highest BCUT2D eigenvalue weighted by molar-refractivity contribution is 6.04. The fourth-order valence-corrected chi connectivity index (χ4v) is 3.49. The van der Waals surface area contributed by atoms with Crippen molar-refractivity contribution in [1.82, 2.24) is 10.2 Å². The van der Waals surface area contributed by atoms with Crippen molar-refractivity contribution < 1.29 is 23.5 Å². The van der Waals surface area contributed by atoms with Crippen LogP contribution in [0.2, 0.25) is 0 Å². The zero-order chi connectivity index (χ0) is 22.2. The Kier molecular flexibility index (Phi) is 7.72. The number of nitrogens with zero attached hydrogens (tertiary/aromatic N) is 1. The molecule has 1 atom stereocenters. The van der Waals surface area contributed by atoms with Crippen LogP contribution < -0.4 is 10.6 Å². The molecule has 1 aliphatic rings. The van der Waals surface area contributed by atoms with Crippen molar-refractivity contribution in [2.75, 3.05) is 32.1 Å². The lowest BCUT2D eigenvalue weighted by Crippen LogP contribution is -2.46. The van der Waals surface area contributed by atoms with Crippen LogP contribution in [0.5, 0.6) is 0 Å². The zero-order valence-electron chi connectivity index (χ0n) is 17.4. The second-order valence-corrected chi connectivity index (χ2v) is 7.33. The van der Waals surface area contributed by atoms with Gasteiger partial charge in [0.1, 0.15) is 11.9 Å². The molecule has 0 spiro atoms. The molecule has 2 aromatic rings. The van der Waals surface area contributed by atoms with Gasteiger partial charge in [0.25, 0.3) is 11.8 Å². The van der Waals surface area contributed by atoms with E-state index in [1.54, 1.807) is 36.3 Å². The summed E-state index contributed by atoms with van der Waals surface area (Å²) in [7, 11) is 1.61. The quantitative estimate of drug-likeness (QED) is 0.634. The highest BCUT2D eigenvalue weighted by Crippen LogP contribution is 2.21. The smallest absolute Gasteiger partial charge is 0.255 e. The summed E-state index contributed by atoms with van der Waals surface area (Å²) < 4.78 is 18.0. The van der Waals surface area contributed by atoms with E-state index >= 15 is 0 Å². The topological polar surface area (TPSA) is 87.7 Å². The van der Waals surface area contributed by atoms with Gasteiger partial charge >= 0.3 is 0 Å². The molecule has 0 bridgehead atoms. The number of likely N-dealkylation sites (tertiary alicyclic amines) is 1. The summed E-state index contributed by atoms with van der Waals surface area (Å²) in [6, 6.07) is 11.3. The van der Waals surface area contributed by atoms with Crippen LogP contribution in [0.1, 0.15) is 40.0 Å². The van der Waals surface area contributed by atoms with Gasteiger partial charge in [0.05, 0.1) is 0 Å². The van der Waals surface area contributed by atoms with Gasteiger partial charge < -0.3 is 20.3 Å². The Morgan fingerprint density at radius 1 is 1.06 bits per heavy atom. The first-order valence-corrected chi connectivity index (χ1v) is 10.2. The Morgan fingerprint density at radius 2 is 1.74 bits per heavy atom. The molecule has 1 saturated heterocycles. The molecule has 0 aromatic heterocycles. The summed E-state index contributed by atoms with van der Waals surface area (Å²) in [4.78, 5) is 39.2. The highest BCUT2D eigenvalue weighted by Gasteiger charge is 2.34. The van der Waals surface area contributed by atoms with E-state index < -0.39 is 11.9 Å². The van der Waals surface area contributed by atoms with Crippen molar-refractivity contribution in [3.05, 3.63) is 65.5 Å². The number of methoxy groups -OCH3 is 1. The lowest BCUT2D eigenvalue weighted by Gasteiger charge is -2.24. The molecule has 3 rings (SSSR count). The van der Waals surface area contributed by atoms with E-state index in [0.29, 0.717) is 49.4 Å². The Labute approximate surface area is 180 Å². The number of halogens is 1. The van der Waals surface area contributed by atoms with Crippen molar-refractivity contribution in [3.8, 4) is 0 Å². The van der Waals surface area contributed by atoms with Gasteiger partial charge in [-0.3, -0.25) is 14.4 Å². The van der Waals surface area contributed by atoms with E-state index in [9.17, 15) is 18.8 Å². The molecule has 2 aromatic carbocycles. The summed E-state index contributed by atoms with van der Waals surface area (Å²) in [5.41, 5.74) is 1.29. The minimum Gasteiger partial charge on any atom is -0.385 e. The Balaban J connectivity index is 1.59. The van der Waals surface area contributed by atoms with Gasteiger partial charge in [-0.15, -0.1) is 0 Å². The summed E-state index contributed by atoms with van der Waals surface area (Å²) in [6.07, 6.45) is 2.12. The Morgan fingerprint density at radius 3 is 2.42 bits per heavy atom. The van der Waals surface area contributed by atoms with Crippen molar-refractivity contribution >= 4 is 23.4 Å². The van der Waals surface area contributed by atoms with E-state index in [0.717, 1.165) is 6.42 Å². The van der Waals surface area contributed by atoms with E-state index in [1.165, 1.54) is 24.3 Å². The van der Waals surface area contributed by atoms with Crippen LogP contribution in [0.15, 0.2) is 48.5 Å². The molecule has 2 N–H and O–H groups in total. The minimum atomic E-state index is -0.479. The molecule has 0 radical (unpaired) electrons. The van der Waals surface area contributed by atoms with Crippen molar-refractivity contribution in [1.29, 1.82) is 0 Å². The van der Waals surface area contributed by atoms with E-state index in [-0.39, 0.29) is 17.7 Å². The average Bonchev–Trinajstić information content (AvgIpc) is 3.27. The summed E-state index contributed by atoms with van der Waals surface area (Å²) in [5.74, 6) is -1.15. The molecule has 1 heterocycles. The summed E-state index contributed by atoms with van der Waals surface area (Å²) in [5, 5.41) is 5.57. The molecule has 31 heavy (non-hydrogen) atoms. The molecule has 1 unspecified atom stereocenters. The third-order valence-corrected chi connectivity index (χ3v) is 5.14. The number of benzene rings is 2. The molecule has 1 fully saturated rings. The normalized spacial score (nSPS) is 15.5. The van der Waals surface area contributed by atoms with E-state index in [4.69, 9.17) is 4.74 Å². The number of carbonyl (C=O) groups excluding carboxylic acids is 3. The van der Waals surface area contributed by atoms with Gasteiger partial charge in [0.15, 0.2) is 0 Å². The van der Waals surface area contributed by atoms with Crippen LogP contribution in [0, 0.1) is 5.82 Å². The molecule has 0 aliphatic carbocycles.